The van der Waals surface area contributed by atoms with Crippen LogP contribution in [0.4, 0.5) is 0 Å². The van der Waals surface area contributed by atoms with E-state index in [-0.39, 0.29) is 63.2 Å². The summed E-state index contributed by atoms with van der Waals surface area (Å²) < 4.78 is 6.09. The van der Waals surface area contributed by atoms with Gasteiger partial charge < -0.3 is 70.5 Å². The molecule has 1 rings (SSSR count). The molecule has 1 aliphatic heterocycles. The molecule has 13 atom stereocenters. The predicted octanol–water partition coefficient (Wildman–Crippen LogP) is 2.57. The van der Waals surface area contributed by atoms with Gasteiger partial charge in [0.2, 0.25) is 65.0 Å². The van der Waals surface area contributed by atoms with E-state index in [0.717, 1.165) is 14.7 Å². The highest BCUT2D eigenvalue weighted by Crippen LogP contribution is 2.25. The van der Waals surface area contributed by atoms with Gasteiger partial charge in [-0.3, -0.25) is 52.7 Å². The zero-order chi connectivity index (χ0) is 69.5. The minimum absolute atomic E-state index is 0.0417. The Morgan fingerprint density at radius 3 is 1.50 bits per heavy atom. The van der Waals surface area contributed by atoms with E-state index < -0.39 is 162 Å². The van der Waals surface area contributed by atoms with E-state index in [4.69, 9.17) is 4.74 Å². The lowest BCUT2D eigenvalue weighted by Crippen LogP contribution is -2.63. The summed E-state index contributed by atoms with van der Waals surface area (Å²) >= 11 is 0. The van der Waals surface area contributed by atoms with Gasteiger partial charge in [-0.25, -0.2) is 0 Å². The average molecular weight is 1270 g/mol. The van der Waals surface area contributed by atoms with E-state index in [1.165, 1.54) is 81.8 Å². The highest BCUT2D eigenvalue weighted by atomic mass is 16.5. The Morgan fingerprint density at radius 2 is 1.02 bits per heavy atom. The Hall–Kier alpha value is -6.47. The molecule has 1 saturated heterocycles. The van der Waals surface area contributed by atoms with Gasteiger partial charge in [0.15, 0.2) is 0 Å². The summed E-state index contributed by atoms with van der Waals surface area (Å²) in [4.78, 5) is 170. The van der Waals surface area contributed by atoms with Gasteiger partial charge in [0.25, 0.3) is 0 Å². The first-order valence-electron chi connectivity index (χ1n) is 32.0. The van der Waals surface area contributed by atoms with Crippen LogP contribution in [0.15, 0.2) is 24.8 Å². The van der Waals surface area contributed by atoms with Crippen LogP contribution < -0.4 is 21.3 Å². The van der Waals surface area contributed by atoms with E-state index in [9.17, 15) is 53.4 Å². The summed E-state index contributed by atoms with van der Waals surface area (Å²) in [7, 11) is 8.36. The summed E-state index contributed by atoms with van der Waals surface area (Å²) in [5.74, 6) is -10.5. The lowest BCUT2D eigenvalue weighted by molar-refractivity contribution is -0.157. The maximum atomic E-state index is 15.2. The molecule has 0 radical (unpaired) electrons. The van der Waals surface area contributed by atoms with Crippen molar-refractivity contribution < 1.29 is 67.7 Å². The Labute approximate surface area is 537 Å². The van der Waals surface area contributed by atoms with Crippen LogP contribution in [-0.2, 0) is 57.5 Å². The van der Waals surface area contributed by atoms with Crippen LogP contribution in [0.3, 0.4) is 0 Å². The van der Waals surface area contributed by atoms with Crippen molar-refractivity contribution in [3.05, 3.63) is 24.8 Å². The number of carbonyl (C=O) groups excluding carboxylic acids is 11. The fourth-order valence-electron chi connectivity index (χ4n) is 11.2. The maximum Gasteiger partial charge on any atom is 0.246 e. The largest absolute Gasteiger partial charge is 0.396 e. The zero-order valence-electron chi connectivity index (χ0n) is 58.3. The van der Waals surface area contributed by atoms with Crippen LogP contribution in [0.25, 0.3) is 0 Å². The second-order valence-corrected chi connectivity index (χ2v) is 26.3. The highest BCUT2D eigenvalue weighted by molar-refractivity contribution is 5.99. The van der Waals surface area contributed by atoms with Gasteiger partial charge in [0, 0.05) is 68.0 Å². The van der Waals surface area contributed by atoms with Crippen molar-refractivity contribution in [3.63, 3.8) is 0 Å². The van der Waals surface area contributed by atoms with Crippen LogP contribution in [0.5, 0.6) is 0 Å². The summed E-state index contributed by atoms with van der Waals surface area (Å²) in [5.41, 5.74) is 0. The SMILES string of the molecule is C=CCN1CC(=O)N(C)C([C@@H](C)OCCCCO)C(=O)N[C@@H](C(C)C)C(=O)N(C)[C@@H](CC(C)C)C(=O)N[C@@H](C)C(=O)N[C@H](C)C(=O)N(C)[C@@H](CC(C)C)C(=O)N(C)[C@@H](CC(C)C)C(=O)N(C)[C@@H](C(C)C)C(=O)N(C)[C@@H]([C@H](O)[C@H](C)/C=C/C)C(=O)N[C@@H](CC)C1=O. The molecule has 0 bridgehead atoms. The topological polar surface area (TPSA) is 308 Å². The molecular weight excluding hydrogens is 1160 g/mol. The monoisotopic (exact) mass is 1270 g/mol. The number of nitrogens with zero attached hydrogens (tertiary/aromatic N) is 7. The fourth-order valence-corrected chi connectivity index (χ4v) is 11.2. The maximum absolute atomic E-state index is 15.2. The first kappa shape index (κ1) is 81.5. The van der Waals surface area contributed by atoms with Crippen LogP contribution in [0, 0.1) is 35.5 Å². The number of hydrogen-bond donors (Lipinski definition) is 6. The summed E-state index contributed by atoms with van der Waals surface area (Å²) in [6, 6.07) is -13.1. The molecule has 0 aliphatic carbocycles. The van der Waals surface area contributed by atoms with Gasteiger partial charge in [0.05, 0.1) is 12.2 Å². The van der Waals surface area contributed by atoms with E-state index >= 15 is 9.59 Å². The Bertz CT molecular complexity index is 2450. The minimum atomic E-state index is -1.68. The number of aliphatic hydroxyl groups excluding tert-OH is 2. The summed E-state index contributed by atoms with van der Waals surface area (Å²) in [6.45, 7) is 30.2. The van der Waals surface area contributed by atoms with Crippen molar-refractivity contribution in [3.8, 4) is 0 Å². The third-order valence-electron chi connectivity index (χ3n) is 16.6. The van der Waals surface area contributed by atoms with Gasteiger partial charge in [0.1, 0.15) is 67.0 Å². The standard InChI is InChI=1S/C65H115N11O14/c1-24-29-42(14)55(79)54-59(83)68-46(26-3)61(85)76(30-25-2)36-50(78)73(21)53(45(17)90-32-28-27-31-77)58(82)69-51(40(10)11)64(88)70(18)47(33-37(4)5)57(81)66-43(15)56(80)67-44(16)60(84)71(19)48(34-38(6)7)62(86)72(20)49(35-39(8)9)63(87)74(22)52(41(12)13)65(89)75(54)23/h24-25,29,37-49,51-55,77,79H,2,26-28,30-36H2,1,3-23H3,(H,66,81)(H,67,80)(H,68,83)(H,69,82)/b29-24+/t42-,43+,44-,45-,46+,47+,48+,49+,51+,52+,53?,54+,55-/m1/s1. The molecule has 90 heavy (non-hydrogen) atoms. The molecule has 1 fully saturated rings. The first-order valence-corrected chi connectivity index (χ1v) is 32.0. The van der Waals surface area contributed by atoms with Gasteiger partial charge in [-0.2, -0.15) is 0 Å². The molecule has 1 unspecified atom stereocenters. The highest BCUT2D eigenvalue weighted by Gasteiger charge is 2.46. The molecule has 1 heterocycles. The molecule has 0 aromatic heterocycles. The molecule has 25 nitrogen and oxygen atoms in total. The number of allylic oxidation sites excluding steroid dienone is 1. The second-order valence-electron chi connectivity index (χ2n) is 26.3. The van der Waals surface area contributed by atoms with Crippen LogP contribution in [0.1, 0.15) is 149 Å². The quantitative estimate of drug-likeness (QED) is 0.0755. The average Bonchev–Trinajstić information content (AvgIpc) is 0.855. The third-order valence-corrected chi connectivity index (χ3v) is 16.6. The number of amides is 11. The normalized spacial score (nSPS) is 26.3. The van der Waals surface area contributed by atoms with E-state index in [1.54, 1.807) is 67.5 Å². The van der Waals surface area contributed by atoms with Gasteiger partial charge in [-0.15, -0.1) is 6.58 Å². The van der Waals surface area contributed by atoms with Crippen LogP contribution >= 0.6 is 0 Å². The molecule has 0 aromatic rings. The van der Waals surface area contributed by atoms with Crippen molar-refractivity contribution in [2.45, 2.75) is 222 Å². The number of rotatable bonds is 20. The smallest absolute Gasteiger partial charge is 0.246 e. The molecule has 1 aliphatic rings. The molecule has 6 N–H and O–H groups in total. The van der Waals surface area contributed by atoms with Crippen LogP contribution in [-0.4, -0.2) is 251 Å². The van der Waals surface area contributed by atoms with Crippen molar-refractivity contribution in [2.75, 3.05) is 68.6 Å². The zero-order valence-corrected chi connectivity index (χ0v) is 58.3. The van der Waals surface area contributed by atoms with Gasteiger partial charge >= 0.3 is 0 Å². The Balaban J connectivity index is 4.45. The lowest BCUT2D eigenvalue weighted by atomic mass is 9.93. The molecule has 514 valence electrons. The fraction of sp³-hybridized carbons (Fsp3) is 0.769. The Kier molecular flexibility index (Phi) is 34.8. The van der Waals surface area contributed by atoms with E-state index in [2.05, 4.69) is 27.8 Å². The number of unbranched alkanes of at least 4 members (excludes halogenated alkanes) is 1. The van der Waals surface area contributed by atoms with E-state index in [1.807, 2.05) is 41.5 Å². The summed E-state index contributed by atoms with van der Waals surface area (Å²) in [6.07, 6.45) is 3.17. The molecule has 11 amide bonds. The summed E-state index contributed by atoms with van der Waals surface area (Å²) in [5, 5.41) is 32.5. The molecule has 0 spiro atoms. The molecule has 0 saturated carbocycles. The number of ether oxygens (including phenoxy) is 1. The van der Waals surface area contributed by atoms with Crippen molar-refractivity contribution >= 4 is 65.0 Å². The van der Waals surface area contributed by atoms with Crippen molar-refractivity contribution in [1.82, 2.24) is 55.6 Å². The molecular formula is C65H115N11O14. The second kappa shape index (κ2) is 38.4. The number of nitrogens with one attached hydrogen (secondary N) is 4. The molecule has 25 heteroatoms. The number of aliphatic hydroxyl groups is 2. The molecule has 0 aromatic carbocycles. The number of carbonyl (C=O) groups is 11. The van der Waals surface area contributed by atoms with Crippen molar-refractivity contribution in [1.29, 1.82) is 0 Å². The van der Waals surface area contributed by atoms with Gasteiger partial charge in [-0.1, -0.05) is 101 Å². The van der Waals surface area contributed by atoms with Gasteiger partial charge in [-0.05, 0) is 95.8 Å². The first-order chi connectivity index (χ1) is 41.8. The predicted molar refractivity (Wildman–Crippen MR) is 345 cm³/mol. The van der Waals surface area contributed by atoms with E-state index in [0.29, 0.717) is 12.8 Å². The number of hydrogen-bond acceptors (Lipinski definition) is 14. The lowest BCUT2D eigenvalue weighted by Gasteiger charge is -2.41. The minimum Gasteiger partial charge on any atom is -0.396 e. The third kappa shape index (κ3) is 23.0. The number of likely N-dealkylation sites (N-methyl/N-ethyl adjacent to an activating group) is 6. The van der Waals surface area contributed by atoms with Crippen LogP contribution in [0.2, 0.25) is 0 Å². The Morgan fingerprint density at radius 1 is 0.544 bits per heavy atom. The van der Waals surface area contributed by atoms with Crippen molar-refractivity contribution in [2.24, 2.45) is 35.5 Å².